The molecule has 0 bridgehead atoms. The molecule has 1 aromatic rings. The minimum atomic E-state index is -0.872. The first kappa shape index (κ1) is 13.4. The molecule has 0 spiro atoms. The molecule has 0 fully saturated rings. The molecule has 0 unspecified atom stereocenters. The molecule has 17 heavy (non-hydrogen) atoms. The highest BCUT2D eigenvalue weighted by Gasteiger charge is 2.24. The lowest BCUT2D eigenvalue weighted by atomic mass is 9.93. The number of aliphatic hydroxyl groups excluding tert-OH is 1. The zero-order valence-electron chi connectivity index (χ0n) is 9.70. The second-order valence-electron chi connectivity index (χ2n) is 4.26. The molecule has 2 atom stereocenters. The van der Waals surface area contributed by atoms with Gasteiger partial charge in [-0.15, -0.1) is 0 Å². The number of nitro benzene ring substituents is 1. The number of nitro groups is 1. The van der Waals surface area contributed by atoms with Gasteiger partial charge in [0.2, 0.25) is 0 Å². The van der Waals surface area contributed by atoms with Crippen LogP contribution in [0.25, 0.3) is 0 Å². The molecule has 6 heteroatoms. The number of non-ortho nitro benzene ring substituents is 1. The minimum absolute atomic E-state index is 0.108. The van der Waals surface area contributed by atoms with Gasteiger partial charge in [-0.1, -0.05) is 13.8 Å². The highest BCUT2D eigenvalue weighted by atomic mass is 16.6. The normalized spacial score (nSPS) is 14.6. The van der Waals surface area contributed by atoms with Crippen LogP contribution in [0, 0.1) is 16.0 Å². The van der Waals surface area contributed by atoms with Gasteiger partial charge in [-0.3, -0.25) is 10.1 Å². The summed E-state index contributed by atoms with van der Waals surface area (Å²) in [7, 11) is 0. The Morgan fingerprint density at radius 2 is 2.00 bits per heavy atom. The summed E-state index contributed by atoms with van der Waals surface area (Å²) in [6, 6.07) is 2.73. The van der Waals surface area contributed by atoms with Crippen LogP contribution in [0.1, 0.15) is 25.5 Å². The average molecular weight is 240 g/mol. The topological polar surface area (TPSA) is 110 Å². The van der Waals surface area contributed by atoms with Gasteiger partial charge in [-0.2, -0.15) is 0 Å². The van der Waals surface area contributed by atoms with Crippen LogP contribution in [0.3, 0.4) is 0 Å². The molecule has 0 radical (unpaired) electrons. The number of hydrogen-bond donors (Lipinski definition) is 3. The van der Waals surface area contributed by atoms with Crippen molar-refractivity contribution in [3.05, 3.63) is 33.9 Å². The van der Waals surface area contributed by atoms with E-state index < -0.39 is 17.1 Å². The highest BCUT2D eigenvalue weighted by molar-refractivity contribution is 5.44. The van der Waals surface area contributed by atoms with E-state index in [1.165, 1.54) is 18.2 Å². The minimum Gasteiger partial charge on any atom is -0.508 e. The average Bonchev–Trinajstić information content (AvgIpc) is 2.27. The summed E-state index contributed by atoms with van der Waals surface area (Å²) < 4.78 is 0. The van der Waals surface area contributed by atoms with Crippen LogP contribution in [0.5, 0.6) is 5.75 Å². The lowest BCUT2D eigenvalue weighted by Crippen LogP contribution is -2.30. The van der Waals surface area contributed by atoms with Gasteiger partial charge in [-0.05, 0) is 12.0 Å². The number of aliphatic hydroxyl groups is 1. The molecule has 0 aliphatic heterocycles. The molecule has 0 amide bonds. The van der Waals surface area contributed by atoms with Crippen LogP contribution in [-0.2, 0) is 0 Å². The molecule has 6 nitrogen and oxygen atoms in total. The van der Waals surface area contributed by atoms with Gasteiger partial charge in [0.15, 0.2) is 0 Å². The Morgan fingerprint density at radius 1 is 1.41 bits per heavy atom. The zero-order chi connectivity index (χ0) is 13.2. The Labute approximate surface area is 98.8 Å². The molecular formula is C11H16N2O4. The van der Waals surface area contributed by atoms with Crippen LogP contribution in [0.15, 0.2) is 18.2 Å². The molecule has 0 aliphatic carbocycles. The fourth-order valence-corrected chi connectivity index (χ4v) is 1.52. The quantitative estimate of drug-likeness (QED) is 0.543. The number of phenols is 1. The van der Waals surface area contributed by atoms with E-state index >= 15 is 0 Å². The van der Waals surface area contributed by atoms with Crippen molar-refractivity contribution in [3.8, 4) is 5.75 Å². The van der Waals surface area contributed by atoms with E-state index in [0.717, 1.165) is 0 Å². The fourth-order valence-electron chi connectivity index (χ4n) is 1.52. The van der Waals surface area contributed by atoms with Gasteiger partial charge in [0.1, 0.15) is 5.75 Å². The molecule has 0 saturated carbocycles. The number of benzene rings is 1. The summed E-state index contributed by atoms with van der Waals surface area (Å²) in [5.41, 5.74) is 5.79. The van der Waals surface area contributed by atoms with Gasteiger partial charge >= 0.3 is 0 Å². The third-order valence-electron chi connectivity index (χ3n) is 2.63. The first-order valence-corrected chi connectivity index (χ1v) is 5.25. The lowest BCUT2D eigenvalue weighted by molar-refractivity contribution is -0.385. The fraction of sp³-hybridized carbons (Fsp3) is 0.455. The number of nitrogens with zero attached hydrogens (tertiary/aromatic N) is 1. The Bertz CT molecular complexity index is 420. The maximum atomic E-state index is 10.6. The van der Waals surface area contributed by atoms with E-state index in [1.807, 2.05) is 0 Å². The third-order valence-corrected chi connectivity index (χ3v) is 2.63. The number of aromatic hydroxyl groups is 1. The van der Waals surface area contributed by atoms with E-state index in [2.05, 4.69) is 0 Å². The Hall–Kier alpha value is -1.66. The largest absolute Gasteiger partial charge is 0.508 e. The third kappa shape index (κ3) is 2.92. The van der Waals surface area contributed by atoms with E-state index in [0.29, 0.717) is 0 Å². The van der Waals surface area contributed by atoms with E-state index in [-0.39, 0.29) is 22.9 Å². The van der Waals surface area contributed by atoms with Gasteiger partial charge in [-0.25, -0.2) is 0 Å². The second kappa shape index (κ2) is 5.11. The van der Waals surface area contributed by atoms with E-state index in [1.54, 1.807) is 13.8 Å². The molecule has 1 rings (SSSR count). The molecule has 4 N–H and O–H groups in total. The van der Waals surface area contributed by atoms with Crippen LogP contribution < -0.4 is 5.73 Å². The van der Waals surface area contributed by atoms with Crippen LogP contribution in [0.4, 0.5) is 5.69 Å². The Balaban J connectivity index is 3.12. The van der Waals surface area contributed by atoms with Gasteiger partial charge in [0, 0.05) is 17.7 Å². The molecule has 94 valence electrons. The zero-order valence-corrected chi connectivity index (χ0v) is 9.70. The standard InChI is InChI=1S/C11H16N2O4/c1-6(2)11(15)10(12)8-5-7(13(16)17)3-4-9(8)14/h3-6,10-11,14-15H,12H2,1-2H3/t10-,11+/m0/s1. The summed E-state index contributed by atoms with van der Waals surface area (Å²) in [5.74, 6) is -0.258. The smallest absolute Gasteiger partial charge is 0.270 e. The lowest BCUT2D eigenvalue weighted by Gasteiger charge is -2.22. The van der Waals surface area contributed by atoms with Crippen LogP contribution >= 0.6 is 0 Å². The molecule has 0 heterocycles. The molecule has 0 aromatic heterocycles. The van der Waals surface area contributed by atoms with E-state index in [9.17, 15) is 20.3 Å². The second-order valence-corrected chi connectivity index (χ2v) is 4.26. The molecule has 0 aliphatic rings. The van der Waals surface area contributed by atoms with Gasteiger partial charge in [0.05, 0.1) is 17.1 Å². The monoisotopic (exact) mass is 240 g/mol. The number of nitrogens with two attached hydrogens (primary N) is 1. The SMILES string of the molecule is CC(C)[C@@H](O)[C@@H](N)c1cc([N+](=O)[O-])ccc1O. The maximum absolute atomic E-state index is 10.6. The van der Waals surface area contributed by atoms with Crippen molar-refractivity contribution in [3.63, 3.8) is 0 Å². The predicted octanol–water partition coefficient (Wildman–Crippen LogP) is 1.32. The first-order valence-electron chi connectivity index (χ1n) is 5.25. The Morgan fingerprint density at radius 3 is 2.47 bits per heavy atom. The Kier molecular flexibility index (Phi) is 4.03. The van der Waals surface area contributed by atoms with E-state index in [4.69, 9.17) is 5.73 Å². The number of rotatable bonds is 4. The maximum Gasteiger partial charge on any atom is 0.270 e. The van der Waals surface area contributed by atoms with Gasteiger partial charge in [0.25, 0.3) is 5.69 Å². The molecular weight excluding hydrogens is 224 g/mol. The van der Waals surface area contributed by atoms with Crippen molar-refractivity contribution >= 4 is 5.69 Å². The van der Waals surface area contributed by atoms with Crippen molar-refractivity contribution < 1.29 is 15.1 Å². The van der Waals surface area contributed by atoms with Crippen molar-refractivity contribution in [2.24, 2.45) is 11.7 Å². The summed E-state index contributed by atoms with van der Waals surface area (Å²) in [6.07, 6.45) is -0.872. The molecule has 0 saturated heterocycles. The first-order chi connectivity index (χ1) is 7.84. The number of phenolic OH excluding ortho intramolecular Hbond substituents is 1. The van der Waals surface area contributed by atoms with Crippen molar-refractivity contribution in [1.82, 2.24) is 0 Å². The van der Waals surface area contributed by atoms with Crippen molar-refractivity contribution in [2.75, 3.05) is 0 Å². The highest BCUT2D eigenvalue weighted by Crippen LogP contribution is 2.30. The summed E-state index contributed by atoms with van der Waals surface area (Å²) in [4.78, 5) is 10.0. The van der Waals surface area contributed by atoms with Gasteiger partial charge < -0.3 is 15.9 Å². The van der Waals surface area contributed by atoms with Crippen molar-refractivity contribution in [1.29, 1.82) is 0 Å². The predicted molar refractivity (Wildman–Crippen MR) is 62.5 cm³/mol. The van der Waals surface area contributed by atoms with Crippen LogP contribution in [-0.4, -0.2) is 21.2 Å². The number of hydrogen-bond acceptors (Lipinski definition) is 5. The van der Waals surface area contributed by atoms with Crippen molar-refractivity contribution in [2.45, 2.75) is 26.0 Å². The summed E-state index contributed by atoms with van der Waals surface area (Å²) >= 11 is 0. The van der Waals surface area contributed by atoms with Crippen LogP contribution in [0.2, 0.25) is 0 Å². The summed E-state index contributed by atoms with van der Waals surface area (Å²) in [6.45, 7) is 3.55. The molecule has 1 aromatic carbocycles. The summed E-state index contributed by atoms with van der Waals surface area (Å²) in [5, 5.41) is 30.0.